The molecular weight excluding hydrogens is 506 g/mol. The van der Waals surface area contributed by atoms with Crippen LogP contribution in [0.1, 0.15) is 174 Å². The average molecular weight is 576 g/mol. The highest BCUT2D eigenvalue weighted by Crippen LogP contribution is 2.14. The molecule has 2 atom stereocenters. The Kier molecular flexibility index (Phi) is 32.0. The van der Waals surface area contributed by atoms with Crippen LogP contribution in [0.25, 0.3) is 0 Å². The highest BCUT2D eigenvalue weighted by atomic mass is 16.3. The molecule has 0 rings (SSSR count). The van der Waals surface area contributed by atoms with E-state index in [4.69, 9.17) is 0 Å². The van der Waals surface area contributed by atoms with Gasteiger partial charge in [0.05, 0.1) is 18.8 Å². The first-order valence-electron chi connectivity index (χ1n) is 17.7. The first-order chi connectivity index (χ1) is 20.2. The molecule has 0 heterocycles. The molecule has 0 aliphatic rings. The van der Waals surface area contributed by atoms with Gasteiger partial charge in [0.2, 0.25) is 5.91 Å². The predicted octanol–water partition coefficient (Wildman–Crippen LogP) is 10.3. The second-order valence-electron chi connectivity index (χ2n) is 11.9. The number of carbonyl (C=O) groups excluding carboxylic acids is 1. The number of amides is 1. The SMILES string of the molecule is CCCCC/C=C\C/C=C\C/C=C\CCCCCCCCC(=O)NC(CO)C(O)CCCCCCCCCCCC. The van der Waals surface area contributed by atoms with Gasteiger partial charge in [0, 0.05) is 6.42 Å². The predicted molar refractivity (Wildman–Crippen MR) is 179 cm³/mol. The maximum atomic E-state index is 12.3. The highest BCUT2D eigenvalue weighted by molar-refractivity contribution is 5.76. The summed E-state index contributed by atoms with van der Waals surface area (Å²) in [5.41, 5.74) is 0. The first-order valence-corrected chi connectivity index (χ1v) is 17.7. The van der Waals surface area contributed by atoms with Crippen molar-refractivity contribution in [1.29, 1.82) is 0 Å². The third-order valence-corrected chi connectivity index (χ3v) is 7.90. The van der Waals surface area contributed by atoms with Crippen LogP contribution in [0.4, 0.5) is 0 Å². The maximum Gasteiger partial charge on any atom is 0.220 e. The summed E-state index contributed by atoms with van der Waals surface area (Å²) in [7, 11) is 0. The molecule has 240 valence electrons. The smallest absolute Gasteiger partial charge is 0.220 e. The molecule has 0 aliphatic carbocycles. The van der Waals surface area contributed by atoms with Crippen molar-refractivity contribution in [3.05, 3.63) is 36.5 Å². The van der Waals surface area contributed by atoms with Gasteiger partial charge in [-0.2, -0.15) is 0 Å². The van der Waals surface area contributed by atoms with Crippen molar-refractivity contribution >= 4 is 5.91 Å². The second-order valence-corrected chi connectivity index (χ2v) is 11.9. The number of unbranched alkanes of at least 4 members (excludes halogenated alkanes) is 18. The quantitative estimate of drug-likeness (QED) is 0.0569. The van der Waals surface area contributed by atoms with Crippen molar-refractivity contribution in [2.45, 2.75) is 187 Å². The molecule has 0 aliphatic heterocycles. The molecule has 0 aromatic rings. The zero-order valence-electron chi connectivity index (χ0n) is 27.3. The summed E-state index contributed by atoms with van der Waals surface area (Å²) < 4.78 is 0. The van der Waals surface area contributed by atoms with Gasteiger partial charge in [-0.3, -0.25) is 4.79 Å². The highest BCUT2D eigenvalue weighted by Gasteiger charge is 2.19. The molecular formula is C37H69NO3. The van der Waals surface area contributed by atoms with Crippen molar-refractivity contribution in [3.63, 3.8) is 0 Å². The normalized spacial score (nSPS) is 13.6. The van der Waals surface area contributed by atoms with Crippen LogP contribution in [0.15, 0.2) is 36.5 Å². The third kappa shape index (κ3) is 29.9. The van der Waals surface area contributed by atoms with Gasteiger partial charge in [0.15, 0.2) is 0 Å². The van der Waals surface area contributed by atoms with E-state index in [1.807, 2.05) is 0 Å². The van der Waals surface area contributed by atoms with E-state index in [0.29, 0.717) is 12.8 Å². The number of carbonyl (C=O) groups is 1. The summed E-state index contributed by atoms with van der Waals surface area (Å²) in [6.07, 6.45) is 41.9. The van der Waals surface area contributed by atoms with Gasteiger partial charge in [-0.15, -0.1) is 0 Å². The lowest BCUT2D eigenvalue weighted by atomic mass is 10.0. The number of aliphatic hydroxyl groups excluding tert-OH is 2. The zero-order valence-corrected chi connectivity index (χ0v) is 27.3. The summed E-state index contributed by atoms with van der Waals surface area (Å²) in [5.74, 6) is -0.0478. The van der Waals surface area contributed by atoms with E-state index in [9.17, 15) is 15.0 Å². The number of nitrogens with one attached hydrogen (secondary N) is 1. The fraction of sp³-hybridized carbons (Fsp3) is 0.811. The molecule has 4 heteroatoms. The number of hydrogen-bond acceptors (Lipinski definition) is 3. The Hall–Kier alpha value is -1.39. The molecule has 0 saturated carbocycles. The minimum atomic E-state index is -0.662. The van der Waals surface area contributed by atoms with Crippen LogP contribution in [0, 0.1) is 0 Å². The number of allylic oxidation sites excluding steroid dienone is 6. The summed E-state index contributed by atoms with van der Waals surface area (Å²) in [5, 5.41) is 22.9. The van der Waals surface area contributed by atoms with E-state index in [0.717, 1.165) is 51.4 Å². The standard InChI is InChI=1S/C37H69NO3/c1-3-5-7-9-11-13-15-16-17-18-19-20-21-22-23-25-27-29-31-33-37(41)38-35(34-39)36(40)32-30-28-26-24-14-12-10-8-6-4-2/h11,13,16-17,19-20,35-36,39-40H,3-10,12,14-15,18,21-34H2,1-2H3,(H,38,41)/b13-11-,17-16-,20-19-. The summed E-state index contributed by atoms with van der Waals surface area (Å²) in [6.45, 7) is 4.29. The van der Waals surface area contributed by atoms with Crippen LogP contribution in [-0.2, 0) is 4.79 Å². The van der Waals surface area contributed by atoms with E-state index in [1.165, 1.54) is 96.3 Å². The van der Waals surface area contributed by atoms with Gasteiger partial charge < -0.3 is 15.5 Å². The van der Waals surface area contributed by atoms with E-state index < -0.39 is 12.1 Å². The average Bonchev–Trinajstić information content (AvgIpc) is 2.97. The van der Waals surface area contributed by atoms with Crippen LogP contribution in [0.3, 0.4) is 0 Å². The lowest BCUT2D eigenvalue weighted by Gasteiger charge is -2.22. The van der Waals surface area contributed by atoms with Crippen molar-refractivity contribution in [1.82, 2.24) is 5.32 Å². The molecule has 3 N–H and O–H groups in total. The largest absolute Gasteiger partial charge is 0.394 e. The topological polar surface area (TPSA) is 69.6 Å². The van der Waals surface area contributed by atoms with E-state index in [2.05, 4.69) is 55.6 Å². The molecule has 2 unspecified atom stereocenters. The molecule has 41 heavy (non-hydrogen) atoms. The van der Waals surface area contributed by atoms with Crippen molar-refractivity contribution in [3.8, 4) is 0 Å². The lowest BCUT2D eigenvalue weighted by Crippen LogP contribution is -2.45. The van der Waals surface area contributed by atoms with Crippen LogP contribution in [-0.4, -0.2) is 34.9 Å². The number of hydrogen-bond donors (Lipinski definition) is 3. The molecule has 0 radical (unpaired) electrons. The van der Waals surface area contributed by atoms with E-state index >= 15 is 0 Å². The Bertz CT molecular complexity index is 628. The monoisotopic (exact) mass is 576 g/mol. The minimum Gasteiger partial charge on any atom is -0.394 e. The van der Waals surface area contributed by atoms with Crippen LogP contribution < -0.4 is 5.32 Å². The molecule has 0 aromatic heterocycles. The molecule has 0 spiro atoms. The van der Waals surface area contributed by atoms with E-state index in [1.54, 1.807) is 0 Å². The minimum absolute atomic E-state index is 0.0478. The Morgan fingerprint density at radius 3 is 1.54 bits per heavy atom. The van der Waals surface area contributed by atoms with Gasteiger partial charge in [-0.25, -0.2) is 0 Å². The second kappa shape index (κ2) is 33.1. The Labute approximate surface area is 255 Å². The Morgan fingerprint density at radius 1 is 0.585 bits per heavy atom. The van der Waals surface area contributed by atoms with Gasteiger partial charge >= 0.3 is 0 Å². The maximum absolute atomic E-state index is 12.3. The molecule has 0 bridgehead atoms. The van der Waals surface area contributed by atoms with Gasteiger partial charge in [0.1, 0.15) is 0 Å². The zero-order chi connectivity index (χ0) is 30.1. The first kappa shape index (κ1) is 39.6. The van der Waals surface area contributed by atoms with Gasteiger partial charge in [0.25, 0.3) is 0 Å². The van der Waals surface area contributed by atoms with Crippen molar-refractivity contribution in [2.75, 3.05) is 6.61 Å². The molecule has 1 amide bonds. The van der Waals surface area contributed by atoms with Crippen LogP contribution in [0.5, 0.6) is 0 Å². The van der Waals surface area contributed by atoms with Crippen molar-refractivity contribution in [2.24, 2.45) is 0 Å². The van der Waals surface area contributed by atoms with Crippen LogP contribution in [0.2, 0.25) is 0 Å². The fourth-order valence-electron chi connectivity index (χ4n) is 5.13. The number of rotatable bonds is 31. The Morgan fingerprint density at radius 2 is 1.00 bits per heavy atom. The summed E-state index contributed by atoms with van der Waals surface area (Å²) >= 11 is 0. The molecule has 0 saturated heterocycles. The number of aliphatic hydroxyl groups is 2. The molecule has 0 fully saturated rings. The third-order valence-electron chi connectivity index (χ3n) is 7.90. The summed E-state index contributed by atoms with van der Waals surface area (Å²) in [4.78, 5) is 12.3. The van der Waals surface area contributed by atoms with Crippen molar-refractivity contribution < 1.29 is 15.0 Å². The fourth-order valence-corrected chi connectivity index (χ4v) is 5.13. The van der Waals surface area contributed by atoms with Crippen LogP contribution >= 0.6 is 0 Å². The Balaban J connectivity index is 3.62. The lowest BCUT2D eigenvalue weighted by molar-refractivity contribution is -0.123. The molecule has 0 aromatic carbocycles. The van der Waals surface area contributed by atoms with Gasteiger partial charge in [-0.1, -0.05) is 153 Å². The van der Waals surface area contributed by atoms with E-state index in [-0.39, 0.29) is 12.5 Å². The molecule has 4 nitrogen and oxygen atoms in total. The van der Waals surface area contributed by atoms with Gasteiger partial charge in [-0.05, 0) is 51.4 Å². The summed E-state index contributed by atoms with van der Waals surface area (Å²) in [6, 6.07) is -0.540.